The van der Waals surface area contributed by atoms with Gasteiger partial charge in [-0.2, -0.15) is 5.10 Å². The quantitative estimate of drug-likeness (QED) is 0.878. The zero-order valence-electron chi connectivity index (χ0n) is 10.4. The lowest BCUT2D eigenvalue weighted by molar-refractivity contribution is 0.0867. The fourth-order valence-corrected chi connectivity index (χ4v) is 3.71. The van der Waals surface area contributed by atoms with Crippen LogP contribution in [0.3, 0.4) is 0 Å². The number of carbonyl (C=O) groups is 1. The summed E-state index contributed by atoms with van der Waals surface area (Å²) in [5.41, 5.74) is 6.23. The van der Waals surface area contributed by atoms with Crippen LogP contribution in [0.1, 0.15) is 10.4 Å². The van der Waals surface area contributed by atoms with Gasteiger partial charge >= 0.3 is 0 Å². The molecule has 8 heteroatoms. The number of benzene rings is 1. The van der Waals surface area contributed by atoms with E-state index in [0.29, 0.717) is 5.69 Å². The summed E-state index contributed by atoms with van der Waals surface area (Å²) in [4.78, 5) is 12.2. The van der Waals surface area contributed by atoms with Crippen molar-refractivity contribution in [1.29, 1.82) is 0 Å². The van der Waals surface area contributed by atoms with Crippen molar-refractivity contribution < 1.29 is 13.2 Å². The molecule has 0 saturated carbocycles. The average molecular weight is 292 g/mol. The Labute approximate surface area is 115 Å². The SMILES string of the molecule is Nc1cnn(CCN2C(=O)c3ccccc3S2(=O)=O)c1. The molecule has 2 heterocycles. The zero-order chi connectivity index (χ0) is 14.3. The number of aromatic nitrogens is 2. The summed E-state index contributed by atoms with van der Waals surface area (Å²) in [6.45, 7) is 0.285. The van der Waals surface area contributed by atoms with Gasteiger partial charge in [0.05, 0.1) is 30.5 Å². The summed E-state index contributed by atoms with van der Waals surface area (Å²) in [6.07, 6.45) is 3.05. The van der Waals surface area contributed by atoms with Gasteiger partial charge in [-0.05, 0) is 12.1 Å². The van der Waals surface area contributed by atoms with Crippen molar-refractivity contribution in [1.82, 2.24) is 14.1 Å². The number of nitrogens with zero attached hydrogens (tertiary/aromatic N) is 3. The number of sulfonamides is 1. The van der Waals surface area contributed by atoms with Crippen molar-refractivity contribution in [2.24, 2.45) is 0 Å². The van der Waals surface area contributed by atoms with E-state index in [4.69, 9.17) is 5.73 Å². The van der Waals surface area contributed by atoms with Gasteiger partial charge in [-0.1, -0.05) is 12.1 Å². The first-order valence-corrected chi connectivity index (χ1v) is 7.38. The number of fused-ring (bicyclic) bond motifs is 1. The molecule has 1 aromatic carbocycles. The fourth-order valence-electron chi connectivity index (χ4n) is 2.15. The van der Waals surface area contributed by atoms with Gasteiger partial charge in [-0.15, -0.1) is 0 Å². The molecular formula is C12H12N4O3S. The highest BCUT2D eigenvalue weighted by Crippen LogP contribution is 2.29. The smallest absolute Gasteiger partial charge is 0.269 e. The number of anilines is 1. The lowest BCUT2D eigenvalue weighted by Crippen LogP contribution is -2.33. The number of amides is 1. The monoisotopic (exact) mass is 292 g/mol. The first-order valence-electron chi connectivity index (χ1n) is 5.94. The molecular weight excluding hydrogens is 280 g/mol. The topological polar surface area (TPSA) is 98.3 Å². The van der Waals surface area contributed by atoms with Gasteiger partial charge in [-0.25, -0.2) is 12.7 Å². The van der Waals surface area contributed by atoms with Crippen LogP contribution < -0.4 is 5.73 Å². The van der Waals surface area contributed by atoms with E-state index >= 15 is 0 Å². The Morgan fingerprint density at radius 2 is 1.95 bits per heavy atom. The van der Waals surface area contributed by atoms with Crippen LogP contribution in [-0.2, 0) is 16.6 Å². The number of hydrogen-bond donors (Lipinski definition) is 1. The molecule has 0 atom stereocenters. The molecule has 0 unspecified atom stereocenters. The highest BCUT2D eigenvalue weighted by Gasteiger charge is 2.40. The van der Waals surface area contributed by atoms with Gasteiger partial charge in [0.1, 0.15) is 4.90 Å². The molecule has 2 aromatic rings. The first-order chi connectivity index (χ1) is 9.50. The predicted molar refractivity (Wildman–Crippen MR) is 71.3 cm³/mol. The normalized spacial score (nSPS) is 16.4. The molecule has 1 aliphatic rings. The Morgan fingerprint density at radius 3 is 2.60 bits per heavy atom. The molecule has 104 valence electrons. The van der Waals surface area contributed by atoms with Crippen LogP contribution in [0.2, 0.25) is 0 Å². The second-order valence-corrected chi connectivity index (χ2v) is 6.25. The van der Waals surface area contributed by atoms with Crippen molar-refractivity contribution in [2.75, 3.05) is 12.3 Å². The minimum Gasteiger partial charge on any atom is -0.396 e. The average Bonchev–Trinajstić information content (AvgIpc) is 2.91. The van der Waals surface area contributed by atoms with E-state index in [-0.39, 0.29) is 23.5 Å². The van der Waals surface area contributed by atoms with E-state index in [1.165, 1.54) is 23.0 Å². The van der Waals surface area contributed by atoms with Gasteiger partial charge in [0.25, 0.3) is 15.9 Å². The fraction of sp³-hybridized carbons (Fsp3) is 0.167. The van der Waals surface area contributed by atoms with Crippen LogP contribution in [-0.4, -0.2) is 35.0 Å². The molecule has 0 saturated heterocycles. The number of rotatable bonds is 3. The lowest BCUT2D eigenvalue weighted by Gasteiger charge is -2.14. The highest BCUT2D eigenvalue weighted by molar-refractivity contribution is 7.90. The summed E-state index contributed by atoms with van der Waals surface area (Å²) in [7, 11) is -3.75. The molecule has 3 rings (SSSR count). The maximum Gasteiger partial charge on any atom is 0.269 e. The predicted octanol–water partition coefficient (Wildman–Crippen LogP) is 0.310. The van der Waals surface area contributed by atoms with Gasteiger partial charge in [0.2, 0.25) is 0 Å². The van der Waals surface area contributed by atoms with E-state index in [0.717, 1.165) is 4.31 Å². The van der Waals surface area contributed by atoms with Crippen molar-refractivity contribution in [3.63, 3.8) is 0 Å². The highest BCUT2D eigenvalue weighted by atomic mass is 32.2. The largest absolute Gasteiger partial charge is 0.396 e. The van der Waals surface area contributed by atoms with E-state index in [9.17, 15) is 13.2 Å². The third-order valence-electron chi connectivity index (χ3n) is 3.10. The molecule has 7 nitrogen and oxygen atoms in total. The van der Waals surface area contributed by atoms with Crippen molar-refractivity contribution in [3.05, 3.63) is 42.2 Å². The second kappa shape index (κ2) is 4.34. The van der Waals surface area contributed by atoms with Crippen LogP contribution in [0, 0.1) is 0 Å². The van der Waals surface area contributed by atoms with Crippen LogP contribution in [0.25, 0.3) is 0 Å². The maximum absolute atomic E-state index is 12.3. The van der Waals surface area contributed by atoms with E-state index < -0.39 is 15.9 Å². The summed E-state index contributed by atoms with van der Waals surface area (Å²) in [5.74, 6) is -0.499. The third-order valence-corrected chi connectivity index (χ3v) is 4.94. The number of nitrogens with two attached hydrogens (primary N) is 1. The van der Waals surface area contributed by atoms with Crippen molar-refractivity contribution in [2.45, 2.75) is 11.4 Å². The molecule has 20 heavy (non-hydrogen) atoms. The molecule has 1 aliphatic heterocycles. The van der Waals surface area contributed by atoms with Gasteiger partial charge < -0.3 is 5.73 Å². The molecule has 2 N–H and O–H groups in total. The summed E-state index contributed by atoms with van der Waals surface area (Å²) in [6, 6.07) is 6.20. The summed E-state index contributed by atoms with van der Waals surface area (Å²) < 4.78 is 26.9. The maximum atomic E-state index is 12.3. The Bertz CT molecular complexity index is 782. The minimum atomic E-state index is -3.75. The Balaban J connectivity index is 1.87. The lowest BCUT2D eigenvalue weighted by atomic mass is 10.2. The zero-order valence-corrected chi connectivity index (χ0v) is 11.2. The van der Waals surface area contributed by atoms with Crippen molar-refractivity contribution in [3.8, 4) is 0 Å². The minimum absolute atomic E-state index is 0.0248. The molecule has 0 spiro atoms. The van der Waals surface area contributed by atoms with E-state index in [1.54, 1.807) is 18.3 Å². The van der Waals surface area contributed by atoms with Gasteiger partial charge in [0.15, 0.2) is 0 Å². The van der Waals surface area contributed by atoms with Crippen molar-refractivity contribution >= 4 is 21.6 Å². The Morgan fingerprint density at radius 1 is 1.20 bits per heavy atom. The Hall–Kier alpha value is -2.35. The van der Waals surface area contributed by atoms with Gasteiger partial charge in [0, 0.05) is 6.20 Å². The van der Waals surface area contributed by atoms with E-state index in [2.05, 4.69) is 5.10 Å². The molecule has 0 fully saturated rings. The number of hydrogen-bond acceptors (Lipinski definition) is 5. The first kappa shape index (κ1) is 12.7. The molecule has 0 radical (unpaired) electrons. The number of carbonyl (C=O) groups excluding carboxylic acids is 1. The molecule has 1 amide bonds. The molecule has 1 aromatic heterocycles. The standard InChI is InChI=1S/C12H12N4O3S/c13-9-7-14-15(8-9)5-6-16-12(17)10-3-1-2-4-11(10)20(16,18)19/h1-4,7-8H,5-6,13H2. The van der Waals surface area contributed by atoms with Crippen LogP contribution in [0.4, 0.5) is 5.69 Å². The van der Waals surface area contributed by atoms with Crippen LogP contribution >= 0.6 is 0 Å². The second-order valence-electron chi connectivity index (χ2n) is 4.42. The third kappa shape index (κ3) is 1.85. The van der Waals surface area contributed by atoms with Crippen LogP contribution in [0.15, 0.2) is 41.6 Å². The molecule has 0 aliphatic carbocycles. The molecule has 0 bridgehead atoms. The summed E-state index contributed by atoms with van der Waals surface area (Å²) >= 11 is 0. The van der Waals surface area contributed by atoms with Crippen LogP contribution in [0.5, 0.6) is 0 Å². The van der Waals surface area contributed by atoms with Gasteiger partial charge in [-0.3, -0.25) is 9.48 Å². The Kier molecular flexibility index (Phi) is 2.75. The van der Waals surface area contributed by atoms with E-state index in [1.807, 2.05) is 0 Å². The number of nitrogen functional groups attached to an aromatic ring is 1. The summed E-state index contributed by atoms with van der Waals surface area (Å²) in [5, 5.41) is 3.96.